The van der Waals surface area contributed by atoms with Crippen molar-refractivity contribution in [2.24, 2.45) is 17.3 Å². The minimum absolute atomic E-state index is 0. The Hall–Kier alpha value is 1.47. The molecule has 3 fully saturated rings. The van der Waals surface area contributed by atoms with Gasteiger partial charge in [0.05, 0.1) is 12.1 Å². The maximum atomic E-state index is 11.3. The fourth-order valence-electron chi connectivity index (χ4n) is 7.22. The van der Waals surface area contributed by atoms with E-state index in [1.165, 1.54) is 6.07 Å². The minimum Gasteiger partial charge on any atom is -0.716 e. The van der Waals surface area contributed by atoms with Crippen molar-refractivity contribution >= 4 is 16.4 Å². The van der Waals surface area contributed by atoms with E-state index in [4.69, 9.17) is 9.47 Å². The van der Waals surface area contributed by atoms with Gasteiger partial charge in [-0.15, -0.1) is 0 Å². The second-order valence-corrected chi connectivity index (χ2v) is 11.7. The first-order valence-corrected chi connectivity index (χ1v) is 13.6. The van der Waals surface area contributed by atoms with Crippen LogP contribution in [0.15, 0.2) is 18.2 Å². The number of carbonyl (C=O) groups excluding carboxylic acids is 1. The Balaban J connectivity index is 0.00000200. The summed E-state index contributed by atoms with van der Waals surface area (Å²) >= 11 is 0. The number of carboxylic acids is 1. The fourth-order valence-corrected chi connectivity index (χ4v) is 7.56. The van der Waals surface area contributed by atoms with Crippen molar-refractivity contribution in [3.63, 3.8) is 0 Å². The van der Waals surface area contributed by atoms with E-state index in [2.05, 4.69) is 11.1 Å². The summed E-state index contributed by atoms with van der Waals surface area (Å²) in [7, 11) is -4.84. The number of carboxylic acid groups (broad SMARTS) is 1. The van der Waals surface area contributed by atoms with E-state index in [1.807, 2.05) is 6.07 Å². The van der Waals surface area contributed by atoms with Gasteiger partial charge in [0.1, 0.15) is 30.2 Å². The SMILES string of the molecule is C[C@]12CCC3c4ccc(OS(=O)(=O)[O-])cc4CCC3C1CCC2OC1OC(C(=O)[O-])C(O)C(O)C1O.[K+].[K+]. The van der Waals surface area contributed by atoms with E-state index in [1.54, 1.807) is 6.07 Å². The van der Waals surface area contributed by atoms with Crippen molar-refractivity contribution in [2.45, 2.75) is 88.2 Å². The van der Waals surface area contributed by atoms with Gasteiger partial charge in [0, 0.05) is 0 Å². The van der Waals surface area contributed by atoms with Gasteiger partial charge in [-0.1, -0.05) is 13.0 Å². The van der Waals surface area contributed by atoms with Crippen LogP contribution in [0, 0.1) is 17.3 Å². The van der Waals surface area contributed by atoms with Crippen molar-refractivity contribution in [3.8, 4) is 5.75 Å². The quantitative estimate of drug-likeness (QED) is 0.165. The van der Waals surface area contributed by atoms with Crippen molar-refractivity contribution in [1.82, 2.24) is 0 Å². The van der Waals surface area contributed by atoms with Crippen LogP contribution >= 0.6 is 0 Å². The average molecular weight is 605 g/mol. The molecule has 9 unspecified atom stereocenters. The van der Waals surface area contributed by atoms with E-state index >= 15 is 0 Å². The molecule has 200 valence electrons. The van der Waals surface area contributed by atoms with E-state index < -0.39 is 47.1 Å². The number of aliphatic carboxylic acids is 1. The Bertz CT molecular complexity index is 1130. The Kier molecular flexibility index (Phi) is 11.6. The maximum absolute atomic E-state index is 11.3. The first kappa shape index (κ1) is 34.0. The third kappa shape index (κ3) is 6.51. The van der Waals surface area contributed by atoms with Gasteiger partial charge in [0.25, 0.3) is 10.4 Å². The summed E-state index contributed by atoms with van der Waals surface area (Å²) in [6, 6.07) is 4.99. The van der Waals surface area contributed by atoms with Crippen LogP contribution in [0.5, 0.6) is 5.75 Å². The third-order valence-electron chi connectivity index (χ3n) is 8.91. The number of aryl methyl sites for hydroxylation is 1. The van der Waals surface area contributed by atoms with Crippen LogP contribution in [0.25, 0.3) is 0 Å². The summed E-state index contributed by atoms with van der Waals surface area (Å²) in [5.41, 5.74) is 1.85. The molecular weight excluding hydrogens is 575 g/mol. The summed E-state index contributed by atoms with van der Waals surface area (Å²) in [4.78, 5) is 11.3. The molecule has 3 N–H and O–H groups in total. The van der Waals surface area contributed by atoms with Gasteiger partial charge in [-0.05, 0) is 85.0 Å². The number of aliphatic hydroxyl groups excluding tert-OH is 3. The number of rotatable bonds is 5. The molecule has 0 bridgehead atoms. The molecule has 38 heavy (non-hydrogen) atoms. The predicted octanol–water partition coefficient (Wildman–Crippen LogP) is -6.67. The molecule has 11 nitrogen and oxygen atoms in total. The molecule has 0 radical (unpaired) electrons. The predicted molar refractivity (Wildman–Crippen MR) is 118 cm³/mol. The molecule has 14 heteroatoms. The summed E-state index contributed by atoms with van der Waals surface area (Å²) in [5, 5.41) is 41.8. The van der Waals surface area contributed by atoms with Gasteiger partial charge in [0.2, 0.25) is 0 Å². The summed E-state index contributed by atoms with van der Waals surface area (Å²) < 4.78 is 48.8. The average Bonchev–Trinajstić information content (AvgIpc) is 3.13. The van der Waals surface area contributed by atoms with Gasteiger partial charge < -0.3 is 43.4 Å². The van der Waals surface area contributed by atoms with Gasteiger partial charge >= 0.3 is 103 Å². The van der Waals surface area contributed by atoms with Crippen LogP contribution in [-0.2, 0) is 31.1 Å². The molecule has 1 aliphatic heterocycles. The zero-order chi connectivity index (χ0) is 26.0. The maximum Gasteiger partial charge on any atom is 1.00 e. The molecule has 5 rings (SSSR count). The number of hydrogen-bond acceptors (Lipinski definition) is 11. The largest absolute Gasteiger partial charge is 1.00 e. The van der Waals surface area contributed by atoms with Crippen LogP contribution in [0.4, 0.5) is 0 Å². The molecule has 1 heterocycles. The molecule has 0 spiro atoms. The summed E-state index contributed by atoms with van der Waals surface area (Å²) in [5.74, 6) is -0.772. The Labute approximate surface area is 306 Å². The number of fused-ring (bicyclic) bond motifs is 5. The minimum atomic E-state index is -4.84. The monoisotopic (exact) mass is 604 g/mol. The Morgan fingerprint density at radius 3 is 2.45 bits per heavy atom. The zero-order valence-electron chi connectivity index (χ0n) is 21.7. The van der Waals surface area contributed by atoms with Crippen molar-refractivity contribution in [2.75, 3.05) is 0 Å². The molecule has 1 saturated heterocycles. The molecule has 2 saturated carbocycles. The third-order valence-corrected chi connectivity index (χ3v) is 9.31. The Morgan fingerprint density at radius 2 is 1.79 bits per heavy atom. The second-order valence-electron chi connectivity index (χ2n) is 10.7. The fraction of sp³-hybridized carbons (Fsp3) is 0.708. The van der Waals surface area contributed by atoms with Crippen LogP contribution in [0.1, 0.15) is 56.1 Å². The van der Waals surface area contributed by atoms with E-state index in [9.17, 15) is 38.2 Å². The second kappa shape index (κ2) is 13.0. The first-order valence-electron chi connectivity index (χ1n) is 12.2. The van der Waals surface area contributed by atoms with Gasteiger partial charge in [-0.25, -0.2) is 8.42 Å². The number of benzene rings is 1. The van der Waals surface area contributed by atoms with Crippen LogP contribution in [-0.4, -0.2) is 71.1 Å². The van der Waals surface area contributed by atoms with Crippen molar-refractivity contribution < 1.29 is 155 Å². The normalized spacial score (nSPS) is 40.0. The number of aliphatic hydroxyl groups is 3. The van der Waals surface area contributed by atoms with Gasteiger partial charge in [-0.3, -0.25) is 0 Å². The van der Waals surface area contributed by atoms with Crippen LogP contribution in [0.2, 0.25) is 0 Å². The molecule has 0 amide bonds. The molecular formula is C24H30K2O11S. The molecule has 4 aliphatic rings. The number of carbonyl (C=O) groups is 1. The standard InChI is InChI=1S/C24H32O11S.2K/c1-24-9-8-14-13-5-3-12(35-36(30,31)32)10-11(13)2-4-15(14)16(24)6-7-17(24)33-23-20(27)18(25)19(26)21(34-23)22(28)29;;/h3,5,10,14-21,23,25-27H,2,4,6-9H2,1H3,(H,28,29)(H,30,31,32);;/q;2*+1/p-2/t14?,15?,16?,17?,18?,19?,20?,21?,23?,24-;;/m0../s1. The zero-order valence-corrected chi connectivity index (χ0v) is 28.7. The van der Waals surface area contributed by atoms with E-state index in [-0.39, 0.29) is 126 Å². The van der Waals surface area contributed by atoms with Crippen molar-refractivity contribution in [1.29, 1.82) is 0 Å². The molecule has 1 aromatic rings. The number of hydrogen-bond donors (Lipinski definition) is 3. The summed E-state index contributed by atoms with van der Waals surface area (Å²) in [6.07, 6.45) is -3.96. The van der Waals surface area contributed by atoms with Gasteiger partial charge in [0.15, 0.2) is 6.29 Å². The first-order chi connectivity index (χ1) is 16.9. The van der Waals surface area contributed by atoms with Gasteiger partial charge in [-0.2, -0.15) is 0 Å². The van der Waals surface area contributed by atoms with Crippen molar-refractivity contribution in [3.05, 3.63) is 29.3 Å². The molecule has 10 atom stereocenters. The van der Waals surface area contributed by atoms with E-state index in [0.29, 0.717) is 24.7 Å². The molecule has 1 aromatic carbocycles. The van der Waals surface area contributed by atoms with Crippen LogP contribution in [0.3, 0.4) is 0 Å². The van der Waals surface area contributed by atoms with Crippen LogP contribution < -0.4 is 112 Å². The topological polar surface area (TPSA) is 186 Å². The Morgan fingerprint density at radius 1 is 1.08 bits per heavy atom. The smallest absolute Gasteiger partial charge is 0.716 e. The van der Waals surface area contributed by atoms with E-state index in [0.717, 1.165) is 36.8 Å². The molecule has 3 aliphatic carbocycles. The summed E-state index contributed by atoms with van der Waals surface area (Å²) in [6.45, 7) is 2.13. The molecule has 0 aromatic heterocycles. The number of ether oxygens (including phenoxy) is 2.